The molecule has 3 aromatic rings. The molecule has 0 saturated heterocycles. The second-order valence-electron chi connectivity index (χ2n) is 5.61. The zero-order valence-electron chi connectivity index (χ0n) is 13.0. The summed E-state index contributed by atoms with van der Waals surface area (Å²) in [6.45, 7) is 5.89. The summed E-state index contributed by atoms with van der Waals surface area (Å²) >= 11 is 1.36. The van der Waals surface area contributed by atoms with Crippen LogP contribution in [0.3, 0.4) is 0 Å². The Bertz CT molecular complexity index is 899. The summed E-state index contributed by atoms with van der Waals surface area (Å²) < 4.78 is 6.39. The van der Waals surface area contributed by atoms with Crippen molar-refractivity contribution in [1.82, 2.24) is 29.0 Å². The summed E-state index contributed by atoms with van der Waals surface area (Å²) in [7, 11) is 0. The number of hydrogen-bond acceptors (Lipinski definition) is 6. The van der Waals surface area contributed by atoms with E-state index in [0.717, 1.165) is 40.5 Å². The van der Waals surface area contributed by atoms with E-state index < -0.39 is 0 Å². The summed E-state index contributed by atoms with van der Waals surface area (Å²) in [4.78, 5) is 19.8. The highest BCUT2D eigenvalue weighted by atomic mass is 32.1. The first-order chi connectivity index (χ1) is 11.2. The first kappa shape index (κ1) is 14.3. The highest BCUT2D eigenvalue weighted by molar-refractivity contribution is 7.12. The van der Waals surface area contributed by atoms with Crippen LogP contribution in [0.5, 0.6) is 0 Å². The fourth-order valence-electron chi connectivity index (χ4n) is 2.90. The van der Waals surface area contributed by atoms with Crippen LogP contribution < -0.4 is 0 Å². The third kappa shape index (κ3) is 2.29. The second kappa shape index (κ2) is 5.38. The van der Waals surface area contributed by atoms with E-state index in [-0.39, 0.29) is 5.91 Å². The lowest BCUT2D eigenvalue weighted by Crippen LogP contribution is -2.38. The Morgan fingerprint density at radius 2 is 2.22 bits per heavy atom. The van der Waals surface area contributed by atoms with Crippen molar-refractivity contribution in [2.24, 2.45) is 0 Å². The van der Waals surface area contributed by atoms with E-state index in [4.69, 9.17) is 0 Å². The third-order valence-corrected chi connectivity index (χ3v) is 5.05. The van der Waals surface area contributed by atoms with Gasteiger partial charge in [0.15, 0.2) is 5.82 Å². The molecule has 3 aromatic heterocycles. The molecule has 0 atom stereocenters. The molecule has 0 N–H and O–H groups in total. The van der Waals surface area contributed by atoms with Gasteiger partial charge in [0.2, 0.25) is 0 Å². The van der Waals surface area contributed by atoms with E-state index >= 15 is 0 Å². The molecule has 0 saturated carbocycles. The van der Waals surface area contributed by atoms with E-state index in [0.29, 0.717) is 18.7 Å². The number of fused-ring (bicyclic) bond motifs is 2. The van der Waals surface area contributed by atoms with Gasteiger partial charge in [0.05, 0.1) is 17.8 Å². The molecule has 4 heterocycles. The molecule has 0 radical (unpaired) electrons. The largest absolute Gasteiger partial charge is 0.329 e. The summed E-state index contributed by atoms with van der Waals surface area (Å²) in [6.07, 6.45) is 2.49. The SMILES string of the molecule is CCc1nnc2n1CCN(C(=O)c1cnc3snc(C)c3c1)C2. The van der Waals surface area contributed by atoms with Crippen molar-refractivity contribution in [2.75, 3.05) is 6.54 Å². The predicted molar refractivity (Wildman–Crippen MR) is 86.3 cm³/mol. The van der Waals surface area contributed by atoms with E-state index in [1.165, 1.54) is 11.5 Å². The van der Waals surface area contributed by atoms with Gasteiger partial charge in [0.1, 0.15) is 10.7 Å². The average Bonchev–Trinajstić information content (AvgIpc) is 3.17. The molecule has 0 bridgehead atoms. The average molecular weight is 328 g/mol. The Morgan fingerprint density at radius 1 is 1.35 bits per heavy atom. The number of hydrogen-bond donors (Lipinski definition) is 0. The molecule has 8 heteroatoms. The lowest BCUT2D eigenvalue weighted by Gasteiger charge is -2.27. The van der Waals surface area contributed by atoms with Crippen LogP contribution in [0.2, 0.25) is 0 Å². The van der Waals surface area contributed by atoms with Crippen LogP contribution in [0, 0.1) is 6.92 Å². The van der Waals surface area contributed by atoms with Gasteiger partial charge >= 0.3 is 0 Å². The molecule has 4 rings (SSSR count). The van der Waals surface area contributed by atoms with Gasteiger partial charge in [0.25, 0.3) is 5.91 Å². The smallest absolute Gasteiger partial charge is 0.255 e. The van der Waals surface area contributed by atoms with Gasteiger partial charge in [-0.05, 0) is 24.5 Å². The summed E-state index contributed by atoms with van der Waals surface area (Å²) in [5, 5.41) is 9.34. The van der Waals surface area contributed by atoms with Crippen molar-refractivity contribution >= 4 is 27.7 Å². The quantitative estimate of drug-likeness (QED) is 0.717. The van der Waals surface area contributed by atoms with E-state index in [2.05, 4.69) is 31.0 Å². The summed E-state index contributed by atoms with van der Waals surface area (Å²) in [6, 6.07) is 1.89. The first-order valence-corrected chi connectivity index (χ1v) is 8.37. The van der Waals surface area contributed by atoms with Crippen molar-refractivity contribution in [3.8, 4) is 0 Å². The molecule has 7 nitrogen and oxygen atoms in total. The van der Waals surface area contributed by atoms with Gasteiger partial charge in [-0.15, -0.1) is 10.2 Å². The Balaban J connectivity index is 1.62. The van der Waals surface area contributed by atoms with Gasteiger partial charge < -0.3 is 9.47 Å². The van der Waals surface area contributed by atoms with Crippen molar-refractivity contribution < 1.29 is 4.79 Å². The zero-order chi connectivity index (χ0) is 16.0. The minimum Gasteiger partial charge on any atom is -0.329 e. The number of rotatable bonds is 2. The number of carbonyl (C=O) groups is 1. The Hall–Kier alpha value is -2.35. The Kier molecular flexibility index (Phi) is 3.33. The van der Waals surface area contributed by atoms with Crippen molar-refractivity contribution in [3.63, 3.8) is 0 Å². The molecular formula is C15H16N6OS. The fraction of sp³-hybridized carbons (Fsp3) is 0.400. The number of amides is 1. The van der Waals surface area contributed by atoms with Gasteiger partial charge in [-0.1, -0.05) is 6.92 Å². The lowest BCUT2D eigenvalue weighted by atomic mass is 10.2. The highest BCUT2D eigenvalue weighted by Crippen LogP contribution is 2.22. The second-order valence-corrected chi connectivity index (χ2v) is 6.36. The normalized spacial score (nSPS) is 14.3. The number of pyridine rings is 1. The third-order valence-electron chi connectivity index (χ3n) is 4.19. The van der Waals surface area contributed by atoms with Crippen LogP contribution in [0.25, 0.3) is 10.2 Å². The van der Waals surface area contributed by atoms with Crippen LogP contribution in [-0.2, 0) is 19.5 Å². The van der Waals surface area contributed by atoms with Gasteiger partial charge in [-0.3, -0.25) is 4.79 Å². The van der Waals surface area contributed by atoms with Crippen LogP contribution in [0.4, 0.5) is 0 Å². The molecule has 1 aliphatic heterocycles. The minimum absolute atomic E-state index is 0.0164. The molecule has 0 aliphatic carbocycles. The van der Waals surface area contributed by atoms with E-state index in [9.17, 15) is 4.79 Å². The molecule has 1 amide bonds. The molecule has 0 fully saturated rings. The van der Waals surface area contributed by atoms with Crippen molar-refractivity contribution in [3.05, 3.63) is 35.2 Å². The van der Waals surface area contributed by atoms with E-state index in [1.54, 1.807) is 11.1 Å². The first-order valence-electron chi connectivity index (χ1n) is 7.59. The number of aryl methyl sites for hydroxylation is 2. The number of aromatic nitrogens is 5. The van der Waals surface area contributed by atoms with E-state index in [1.807, 2.05) is 13.0 Å². The molecule has 1 aliphatic rings. The molecule has 0 unspecified atom stereocenters. The maximum Gasteiger partial charge on any atom is 0.255 e. The molecular weight excluding hydrogens is 312 g/mol. The van der Waals surface area contributed by atoms with Crippen LogP contribution >= 0.6 is 11.5 Å². The molecule has 0 spiro atoms. The predicted octanol–water partition coefficient (Wildman–Crippen LogP) is 1.81. The Labute approximate surface area is 137 Å². The molecule has 118 valence electrons. The molecule has 0 aromatic carbocycles. The molecule has 23 heavy (non-hydrogen) atoms. The topological polar surface area (TPSA) is 76.8 Å². The van der Waals surface area contributed by atoms with Crippen molar-refractivity contribution in [2.45, 2.75) is 33.4 Å². The Morgan fingerprint density at radius 3 is 3.04 bits per heavy atom. The lowest BCUT2D eigenvalue weighted by molar-refractivity contribution is 0.0706. The zero-order valence-corrected chi connectivity index (χ0v) is 13.8. The summed E-state index contributed by atoms with van der Waals surface area (Å²) in [5.74, 6) is 1.82. The summed E-state index contributed by atoms with van der Waals surface area (Å²) in [5.41, 5.74) is 1.52. The highest BCUT2D eigenvalue weighted by Gasteiger charge is 2.25. The maximum atomic E-state index is 12.8. The van der Waals surface area contributed by atoms with Crippen LogP contribution in [0.1, 0.15) is 34.6 Å². The van der Waals surface area contributed by atoms with Gasteiger partial charge in [-0.25, -0.2) is 4.98 Å². The standard InChI is InChI=1S/C15H16N6OS/c1-3-12-17-18-13-8-20(4-5-21(12)13)15(22)10-6-11-9(2)19-23-14(11)16-7-10/h6-7H,3-5,8H2,1-2H3. The van der Waals surface area contributed by atoms with Gasteiger partial charge in [0, 0.05) is 31.1 Å². The minimum atomic E-state index is -0.0164. The van der Waals surface area contributed by atoms with Crippen LogP contribution in [-0.4, -0.2) is 41.5 Å². The number of nitrogens with zero attached hydrogens (tertiary/aromatic N) is 6. The van der Waals surface area contributed by atoms with Crippen molar-refractivity contribution in [1.29, 1.82) is 0 Å². The maximum absolute atomic E-state index is 12.8. The number of carbonyl (C=O) groups excluding carboxylic acids is 1. The van der Waals surface area contributed by atoms with Crippen LogP contribution in [0.15, 0.2) is 12.3 Å². The monoisotopic (exact) mass is 328 g/mol. The van der Waals surface area contributed by atoms with Gasteiger partial charge in [-0.2, -0.15) is 4.37 Å². The fourth-order valence-corrected chi connectivity index (χ4v) is 3.62.